The zero-order chi connectivity index (χ0) is 19.0. The van der Waals surface area contributed by atoms with Crippen LogP contribution in [0, 0.1) is 6.92 Å². The molecule has 1 aromatic carbocycles. The van der Waals surface area contributed by atoms with Gasteiger partial charge in [-0.15, -0.1) is 11.3 Å². The van der Waals surface area contributed by atoms with E-state index in [1.807, 2.05) is 25.1 Å². The molecule has 1 fully saturated rings. The summed E-state index contributed by atoms with van der Waals surface area (Å²) in [7, 11) is -3.00. The smallest absolute Gasteiger partial charge is 0.150 e. The molecule has 7 heteroatoms. The Morgan fingerprint density at radius 2 is 1.93 bits per heavy atom. The van der Waals surface area contributed by atoms with Crippen molar-refractivity contribution >= 4 is 37.2 Å². The molecule has 1 aliphatic rings. The number of sulfone groups is 1. The van der Waals surface area contributed by atoms with E-state index in [0.29, 0.717) is 6.42 Å². The predicted molar refractivity (Wildman–Crippen MR) is 112 cm³/mol. The van der Waals surface area contributed by atoms with Crippen LogP contribution in [0.15, 0.2) is 36.4 Å². The lowest BCUT2D eigenvalue weighted by atomic mass is 9.95. The highest BCUT2D eigenvalue weighted by atomic mass is 32.2. The highest BCUT2D eigenvalue weighted by Gasteiger charge is 2.29. The van der Waals surface area contributed by atoms with Crippen molar-refractivity contribution in [1.82, 2.24) is 9.97 Å². The van der Waals surface area contributed by atoms with Crippen LogP contribution in [0.4, 0.5) is 5.82 Å². The highest BCUT2D eigenvalue weighted by Crippen LogP contribution is 2.36. The quantitative estimate of drug-likeness (QED) is 0.700. The lowest BCUT2D eigenvalue weighted by molar-refractivity contribution is 0.452. The molecule has 2 unspecified atom stereocenters. The van der Waals surface area contributed by atoms with Crippen LogP contribution in [0.2, 0.25) is 0 Å². The van der Waals surface area contributed by atoms with Gasteiger partial charge in [0, 0.05) is 17.2 Å². The van der Waals surface area contributed by atoms with E-state index in [1.165, 1.54) is 11.8 Å². The van der Waals surface area contributed by atoms with Crippen LogP contribution in [-0.4, -0.2) is 35.9 Å². The number of aromatic nitrogens is 2. The summed E-state index contributed by atoms with van der Waals surface area (Å²) in [6, 6.07) is 12.5. The molecule has 2 atom stereocenters. The van der Waals surface area contributed by atoms with E-state index in [1.54, 1.807) is 11.3 Å². The number of fused-ring (bicyclic) bond motifs is 1. The summed E-state index contributed by atoms with van der Waals surface area (Å²) < 4.78 is 23.9. The average molecular weight is 402 g/mol. The van der Waals surface area contributed by atoms with Crippen molar-refractivity contribution in [1.29, 1.82) is 0 Å². The fourth-order valence-electron chi connectivity index (χ4n) is 3.74. The van der Waals surface area contributed by atoms with Gasteiger partial charge in [-0.3, -0.25) is 0 Å². The monoisotopic (exact) mass is 401 g/mol. The molecular formula is C20H23N3O2S2. The number of benzene rings is 1. The summed E-state index contributed by atoms with van der Waals surface area (Å²) in [6.45, 7) is 1.90. The van der Waals surface area contributed by atoms with E-state index in [-0.39, 0.29) is 11.3 Å². The number of nitrogens with one attached hydrogen (secondary N) is 1. The van der Waals surface area contributed by atoms with Crippen LogP contribution in [0.3, 0.4) is 0 Å². The molecule has 27 heavy (non-hydrogen) atoms. The molecule has 3 aromatic rings. The Bertz CT molecular complexity index is 1060. The maximum atomic E-state index is 12.0. The van der Waals surface area contributed by atoms with Crippen LogP contribution in [0.5, 0.6) is 0 Å². The van der Waals surface area contributed by atoms with Crippen molar-refractivity contribution in [3.63, 3.8) is 0 Å². The number of hydrogen-bond donors (Lipinski definition) is 1. The number of anilines is 1. The standard InChI is InChI=1S/C20H23N3O2S2/c1-13-21-19(23-15-9-6-10-16(11-15)27(2,24)25)17-12-18(26-20(17)22-13)14-7-4-3-5-8-14/h3-5,7-8,12,15-16H,6,9-11H2,1-2H3,(H,21,22,23). The molecule has 5 nitrogen and oxygen atoms in total. The van der Waals surface area contributed by atoms with Gasteiger partial charge in [-0.05, 0) is 37.8 Å². The van der Waals surface area contributed by atoms with Gasteiger partial charge in [-0.1, -0.05) is 36.8 Å². The van der Waals surface area contributed by atoms with Gasteiger partial charge in [0.2, 0.25) is 0 Å². The molecule has 2 heterocycles. The van der Waals surface area contributed by atoms with E-state index in [4.69, 9.17) is 0 Å². The summed E-state index contributed by atoms with van der Waals surface area (Å²) >= 11 is 1.66. The van der Waals surface area contributed by atoms with Crippen molar-refractivity contribution in [2.75, 3.05) is 11.6 Å². The summed E-state index contributed by atoms with van der Waals surface area (Å²) in [5, 5.41) is 4.27. The third-order valence-electron chi connectivity index (χ3n) is 5.14. The molecule has 0 radical (unpaired) electrons. The lowest BCUT2D eigenvalue weighted by Crippen LogP contribution is -2.34. The molecular weight excluding hydrogens is 378 g/mol. The minimum Gasteiger partial charge on any atom is -0.367 e. The molecule has 0 bridgehead atoms. The number of aryl methyl sites for hydroxylation is 1. The second-order valence-corrected chi connectivity index (χ2v) is 10.6. The minimum atomic E-state index is -3.00. The van der Waals surface area contributed by atoms with Crippen LogP contribution in [-0.2, 0) is 9.84 Å². The topological polar surface area (TPSA) is 72.0 Å². The first kappa shape index (κ1) is 18.4. The Balaban J connectivity index is 1.66. The second kappa shape index (κ2) is 7.20. The number of thiophene rings is 1. The Hall–Kier alpha value is -1.99. The van der Waals surface area contributed by atoms with Crippen LogP contribution >= 0.6 is 11.3 Å². The van der Waals surface area contributed by atoms with Crippen molar-refractivity contribution < 1.29 is 8.42 Å². The molecule has 1 saturated carbocycles. The summed E-state index contributed by atoms with van der Waals surface area (Å²) in [5.41, 5.74) is 1.17. The zero-order valence-electron chi connectivity index (χ0n) is 15.5. The molecule has 0 amide bonds. The van der Waals surface area contributed by atoms with Gasteiger partial charge in [0.1, 0.15) is 26.3 Å². The van der Waals surface area contributed by atoms with Gasteiger partial charge >= 0.3 is 0 Å². The van der Waals surface area contributed by atoms with Crippen molar-refractivity contribution in [2.24, 2.45) is 0 Å². The van der Waals surface area contributed by atoms with Crippen molar-refractivity contribution in [3.8, 4) is 10.4 Å². The maximum Gasteiger partial charge on any atom is 0.150 e. The Morgan fingerprint density at radius 1 is 1.15 bits per heavy atom. The largest absolute Gasteiger partial charge is 0.367 e. The van der Waals surface area contributed by atoms with E-state index in [2.05, 4.69) is 33.5 Å². The first-order chi connectivity index (χ1) is 12.9. The predicted octanol–water partition coefficient (Wildman–Crippen LogP) is 4.43. The van der Waals surface area contributed by atoms with Gasteiger partial charge in [-0.2, -0.15) is 0 Å². The van der Waals surface area contributed by atoms with Gasteiger partial charge in [-0.25, -0.2) is 18.4 Å². The maximum absolute atomic E-state index is 12.0. The SMILES string of the molecule is Cc1nc(NC2CCCC(S(C)(=O)=O)C2)c2cc(-c3ccccc3)sc2n1. The fraction of sp³-hybridized carbons (Fsp3) is 0.400. The van der Waals surface area contributed by atoms with Gasteiger partial charge in [0.05, 0.1) is 10.6 Å². The van der Waals surface area contributed by atoms with E-state index < -0.39 is 9.84 Å². The summed E-state index contributed by atoms with van der Waals surface area (Å²) in [5.74, 6) is 1.54. The number of rotatable bonds is 4. The molecule has 2 aromatic heterocycles. The van der Waals surface area contributed by atoms with E-state index in [0.717, 1.165) is 46.0 Å². The Morgan fingerprint density at radius 3 is 2.67 bits per heavy atom. The van der Waals surface area contributed by atoms with E-state index in [9.17, 15) is 8.42 Å². The molecule has 4 rings (SSSR count). The molecule has 0 aliphatic heterocycles. The molecule has 0 spiro atoms. The first-order valence-electron chi connectivity index (χ1n) is 9.19. The molecule has 1 N–H and O–H groups in total. The second-order valence-electron chi connectivity index (χ2n) is 7.27. The molecule has 142 valence electrons. The summed E-state index contributed by atoms with van der Waals surface area (Å²) in [4.78, 5) is 11.3. The van der Waals surface area contributed by atoms with Gasteiger partial charge in [0.15, 0.2) is 0 Å². The third-order valence-corrected chi connectivity index (χ3v) is 7.85. The fourth-order valence-corrected chi connectivity index (χ4v) is 6.00. The number of hydrogen-bond acceptors (Lipinski definition) is 6. The number of nitrogens with zero attached hydrogens (tertiary/aromatic N) is 2. The van der Waals surface area contributed by atoms with Crippen LogP contribution in [0.25, 0.3) is 20.7 Å². The minimum absolute atomic E-state index is 0.121. The third kappa shape index (κ3) is 3.99. The molecule has 0 saturated heterocycles. The van der Waals surface area contributed by atoms with Crippen LogP contribution in [0.1, 0.15) is 31.5 Å². The van der Waals surface area contributed by atoms with Gasteiger partial charge < -0.3 is 5.32 Å². The van der Waals surface area contributed by atoms with Crippen LogP contribution < -0.4 is 5.32 Å². The normalized spacial score (nSPS) is 20.7. The summed E-state index contributed by atoms with van der Waals surface area (Å²) in [6.07, 6.45) is 4.62. The Labute approximate surface area is 163 Å². The average Bonchev–Trinajstić information content (AvgIpc) is 3.06. The van der Waals surface area contributed by atoms with Crippen molar-refractivity contribution in [2.45, 2.75) is 43.9 Å². The van der Waals surface area contributed by atoms with Crippen molar-refractivity contribution in [3.05, 3.63) is 42.2 Å². The first-order valence-corrected chi connectivity index (χ1v) is 12.0. The molecule has 1 aliphatic carbocycles. The Kier molecular flexibility index (Phi) is 4.90. The lowest BCUT2D eigenvalue weighted by Gasteiger charge is -2.29. The van der Waals surface area contributed by atoms with Gasteiger partial charge in [0.25, 0.3) is 0 Å². The van der Waals surface area contributed by atoms with E-state index >= 15 is 0 Å². The highest BCUT2D eigenvalue weighted by molar-refractivity contribution is 7.91. The zero-order valence-corrected chi connectivity index (χ0v) is 17.1.